The van der Waals surface area contributed by atoms with Gasteiger partial charge in [0.2, 0.25) is 0 Å². The van der Waals surface area contributed by atoms with Crippen molar-refractivity contribution in [2.45, 2.75) is 6.92 Å². The van der Waals surface area contributed by atoms with Gasteiger partial charge in [0.15, 0.2) is 0 Å². The van der Waals surface area contributed by atoms with Crippen LogP contribution in [0, 0.1) is 0 Å². The van der Waals surface area contributed by atoms with Crippen LogP contribution in [0.5, 0.6) is 0 Å². The maximum Gasteiger partial charge on any atom is 0.0987 e. The van der Waals surface area contributed by atoms with Crippen molar-refractivity contribution in [1.29, 1.82) is 0 Å². The first-order valence-electron chi connectivity index (χ1n) is 4.03. The molecule has 1 aromatic heterocycles. The number of halogens is 1. The Hall–Kier alpha value is -0.0905. The molecule has 85 valence electrons. The molecule has 1 rings (SSSR count). The minimum absolute atomic E-state index is 0. The topological polar surface area (TPSA) is 25.4 Å². The Balaban J connectivity index is 0. The largest absolute Gasteiger partial charge is 0.378 e. The van der Waals surface area contributed by atoms with Crippen LogP contribution in [0.2, 0.25) is 0 Å². The van der Waals surface area contributed by atoms with Gasteiger partial charge < -0.3 is 8.73 Å². The summed E-state index contributed by atoms with van der Waals surface area (Å²) in [5.41, 5.74) is 1.19. The predicted octanol–water partition coefficient (Wildman–Crippen LogP) is 2.48. The fourth-order valence-electron chi connectivity index (χ4n) is 0.642. The van der Waals surface area contributed by atoms with Crippen LogP contribution in [-0.4, -0.2) is 25.7 Å². The van der Waals surface area contributed by atoms with E-state index in [1.807, 2.05) is 38.1 Å². The third kappa shape index (κ3) is 8.51. The third-order valence-electron chi connectivity index (χ3n) is 1.29. The third-order valence-corrected chi connectivity index (χ3v) is 1.75. The van der Waals surface area contributed by atoms with E-state index in [-0.39, 0.29) is 17.1 Å². The average Bonchev–Trinajstić information content (AvgIpc) is 2.19. The number of hydrogen-bond acceptors (Lipinski definition) is 3. The summed E-state index contributed by atoms with van der Waals surface area (Å²) in [6.45, 7) is 2.65. The molecule has 0 atom stereocenters. The number of rotatable bonds is 2. The van der Waals surface area contributed by atoms with Crippen molar-refractivity contribution in [3.05, 3.63) is 24.5 Å². The van der Waals surface area contributed by atoms with Crippen LogP contribution < -0.4 is 4.90 Å². The Bertz CT molecular complexity index is 207. The molecule has 5 heteroatoms. The van der Waals surface area contributed by atoms with Gasteiger partial charge in [0, 0.05) is 49.2 Å². The fraction of sp³-hybridized carbons (Fsp3) is 0.444. The molecule has 0 unspecified atom stereocenters. The van der Waals surface area contributed by atoms with Crippen molar-refractivity contribution in [3.63, 3.8) is 0 Å². The SMILES string of the molecule is CCOBr.CN(C)c1ccncc1.[Cu]. The number of pyridine rings is 1. The molecule has 0 spiro atoms. The molecule has 0 N–H and O–H groups in total. The molecule has 0 saturated heterocycles. The zero-order valence-electron chi connectivity index (χ0n) is 8.50. The Labute approximate surface area is 105 Å². The van der Waals surface area contributed by atoms with E-state index >= 15 is 0 Å². The first-order chi connectivity index (χ1) is 6.22. The second kappa shape index (κ2) is 11.0. The van der Waals surface area contributed by atoms with Crippen LogP contribution in [0.3, 0.4) is 0 Å². The summed E-state index contributed by atoms with van der Waals surface area (Å²) in [7, 11) is 4.02. The molecule has 0 amide bonds. The number of anilines is 1. The quantitative estimate of drug-likeness (QED) is 0.785. The molecule has 1 aromatic rings. The van der Waals surface area contributed by atoms with E-state index in [0.717, 1.165) is 6.61 Å². The number of aromatic nitrogens is 1. The molecule has 0 aliphatic heterocycles. The van der Waals surface area contributed by atoms with Gasteiger partial charge in [0.1, 0.15) is 0 Å². The second-order valence-electron chi connectivity index (χ2n) is 2.50. The summed E-state index contributed by atoms with van der Waals surface area (Å²) in [5.74, 6) is 0. The Morgan fingerprint density at radius 2 is 1.79 bits per heavy atom. The summed E-state index contributed by atoms with van der Waals surface area (Å²) in [6.07, 6.45) is 3.57. The van der Waals surface area contributed by atoms with Crippen LogP contribution in [0.1, 0.15) is 6.92 Å². The number of nitrogens with zero attached hydrogens (tertiary/aromatic N) is 2. The van der Waals surface area contributed by atoms with Gasteiger partial charge in [-0.1, -0.05) is 0 Å². The van der Waals surface area contributed by atoms with Crippen molar-refractivity contribution in [1.82, 2.24) is 4.98 Å². The van der Waals surface area contributed by atoms with Gasteiger partial charge >= 0.3 is 0 Å². The minimum Gasteiger partial charge on any atom is -0.378 e. The van der Waals surface area contributed by atoms with Crippen LogP contribution in [0.15, 0.2) is 24.5 Å². The maximum absolute atomic E-state index is 4.35. The first-order valence-corrected chi connectivity index (χ1v) is 4.68. The normalized spacial score (nSPS) is 8.00. The van der Waals surface area contributed by atoms with Crippen molar-refractivity contribution >= 4 is 21.9 Å². The molecule has 0 saturated carbocycles. The van der Waals surface area contributed by atoms with E-state index in [9.17, 15) is 0 Å². The van der Waals surface area contributed by atoms with Crippen molar-refractivity contribution in [2.24, 2.45) is 0 Å². The van der Waals surface area contributed by atoms with E-state index < -0.39 is 0 Å². The first kappa shape index (κ1) is 16.3. The predicted molar refractivity (Wildman–Crippen MR) is 59.1 cm³/mol. The molecule has 0 aliphatic rings. The van der Waals surface area contributed by atoms with Crippen LogP contribution in [0.25, 0.3) is 0 Å². The maximum atomic E-state index is 4.35. The molecule has 0 aromatic carbocycles. The Kier molecular flexibility index (Phi) is 12.8. The molecule has 1 heterocycles. The van der Waals surface area contributed by atoms with Crippen LogP contribution >= 0.6 is 16.3 Å². The molecule has 1 radical (unpaired) electrons. The van der Waals surface area contributed by atoms with E-state index in [1.165, 1.54) is 5.69 Å². The summed E-state index contributed by atoms with van der Waals surface area (Å²) in [6, 6.07) is 3.94. The van der Waals surface area contributed by atoms with Gasteiger partial charge in [-0.15, -0.1) is 0 Å². The smallest absolute Gasteiger partial charge is 0.0987 e. The summed E-state index contributed by atoms with van der Waals surface area (Å²) in [4.78, 5) is 5.94. The van der Waals surface area contributed by atoms with Crippen molar-refractivity contribution in [2.75, 3.05) is 25.6 Å². The minimum atomic E-state index is 0. The van der Waals surface area contributed by atoms with Gasteiger partial charge in [-0.3, -0.25) is 4.98 Å². The average molecular weight is 311 g/mol. The molecule has 0 bridgehead atoms. The van der Waals surface area contributed by atoms with Crippen LogP contribution in [-0.2, 0) is 20.9 Å². The van der Waals surface area contributed by atoms with E-state index in [2.05, 4.69) is 25.1 Å². The number of hydrogen-bond donors (Lipinski definition) is 0. The summed E-state index contributed by atoms with van der Waals surface area (Å²) in [5, 5.41) is 0. The molecular weight excluding hydrogens is 296 g/mol. The Morgan fingerprint density at radius 3 is 2.00 bits per heavy atom. The van der Waals surface area contributed by atoms with Gasteiger partial charge in [-0.05, 0) is 19.1 Å². The standard InChI is InChI=1S/C7H10N2.C2H5BrO.Cu/c1-9(2)7-3-5-8-6-4-7;1-2-4-3;/h3-6H,1-2H3;2H2,1H3;. The molecular formula is C9H15BrCuN2O. The second-order valence-corrected chi connectivity index (χ2v) is 2.96. The van der Waals surface area contributed by atoms with Crippen LogP contribution in [0.4, 0.5) is 5.69 Å². The molecule has 3 nitrogen and oxygen atoms in total. The molecule has 0 aliphatic carbocycles. The van der Waals surface area contributed by atoms with Gasteiger partial charge in [0.05, 0.1) is 22.9 Å². The van der Waals surface area contributed by atoms with Crippen molar-refractivity contribution < 1.29 is 20.9 Å². The van der Waals surface area contributed by atoms with E-state index in [0.29, 0.717) is 0 Å². The van der Waals surface area contributed by atoms with E-state index in [1.54, 1.807) is 12.4 Å². The van der Waals surface area contributed by atoms with Crippen molar-refractivity contribution in [3.8, 4) is 0 Å². The monoisotopic (exact) mass is 309 g/mol. The van der Waals surface area contributed by atoms with Gasteiger partial charge in [0.25, 0.3) is 0 Å². The van der Waals surface area contributed by atoms with Gasteiger partial charge in [-0.25, -0.2) is 0 Å². The Morgan fingerprint density at radius 1 is 1.36 bits per heavy atom. The van der Waals surface area contributed by atoms with E-state index in [4.69, 9.17) is 0 Å². The molecule has 14 heavy (non-hydrogen) atoms. The van der Waals surface area contributed by atoms with Gasteiger partial charge in [-0.2, -0.15) is 0 Å². The fourth-order valence-corrected chi connectivity index (χ4v) is 0.642. The summed E-state index contributed by atoms with van der Waals surface area (Å²) < 4.78 is 4.35. The zero-order valence-corrected chi connectivity index (χ0v) is 11.0. The zero-order chi connectivity index (χ0) is 10.1. The molecule has 0 fully saturated rings. The summed E-state index contributed by atoms with van der Waals surface area (Å²) >= 11 is 2.75.